The summed E-state index contributed by atoms with van der Waals surface area (Å²) in [6.07, 6.45) is 2.37. The van der Waals surface area contributed by atoms with E-state index in [1.165, 1.54) is 12.8 Å². The monoisotopic (exact) mass is 184 g/mol. The first kappa shape index (κ1) is 10.5. The highest BCUT2D eigenvalue weighted by molar-refractivity contribution is 5.81. The van der Waals surface area contributed by atoms with E-state index in [1.54, 1.807) is 0 Å². The molecule has 1 aliphatic rings. The Kier molecular flexibility index (Phi) is 2.96. The fourth-order valence-electron chi connectivity index (χ4n) is 1.33. The lowest BCUT2D eigenvalue weighted by Crippen LogP contribution is -2.48. The molecular weight excluding hydrogens is 164 g/mol. The van der Waals surface area contributed by atoms with Crippen molar-refractivity contribution in [3.8, 4) is 0 Å². The van der Waals surface area contributed by atoms with E-state index in [-0.39, 0.29) is 23.5 Å². The van der Waals surface area contributed by atoms with Gasteiger partial charge in [0.2, 0.25) is 5.91 Å². The van der Waals surface area contributed by atoms with Crippen molar-refractivity contribution in [2.45, 2.75) is 58.2 Å². The third-order valence-electron chi connectivity index (χ3n) is 2.39. The first-order valence-corrected chi connectivity index (χ1v) is 5.01. The summed E-state index contributed by atoms with van der Waals surface area (Å²) in [4.78, 5) is 11.5. The number of amides is 1. The molecule has 13 heavy (non-hydrogen) atoms. The molecule has 0 aromatic rings. The van der Waals surface area contributed by atoms with Crippen LogP contribution in [0.4, 0.5) is 0 Å². The van der Waals surface area contributed by atoms with Crippen LogP contribution in [0.2, 0.25) is 0 Å². The summed E-state index contributed by atoms with van der Waals surface area (Å²) < 4.78 is 0. The molecule has 76 valence electrons. The van der Waals surface area contributed by atoms with Crippen LogP contribution in [0.5, 0.6) is 0 Å². The number of hydrogen-bond donors (Lipinski definition) is 2. The van der Waals surface area contributed by atoms with E-state index in [1.807, 2.05) is 20.8 Å². The molecule has 1 atom stereocenters. The normalized spacial score (nSPS) is 21.3. The summed E-state index contributed by atoms with van der Waals surface area (Å²) in [7, 11) is 0. The molecule has 2 N–H and O–H groups in total. The van der Waals surface area contributed by atoms with Crippen LogP contribution in [0.1, 0.15) is 40.5 Å². The fraction of sp³-hybridized carbons (Fsp3) is 0.900. The molecule has 3 heteroatoms. The number of nitrogens with one attached hydrogen (secondary N) is 2. The molecule has 0 aromatic heterocycles. The zero-order chi connectivity index (χ0) is 10.1. The summed E-state index contributed by atoms with van der Waals surface area (Å²) in [6.45, 7) is 8.03. The van der Waals surface area contributed by atoms with Crippen molar-refractivity contribution in [3.63, 3.8) is 0 Å². The van der Waals surface area contributed by atoms with Crippen LogP contribution in [0.3, 0.4) is 0 Å². The van der Waals surface area contributed by atoms with Crippen molar-refractivity contribution in [2.75, 3.05) is 0 Å². The largest absolute Gasteiger partial charge is 0.353 e. The number of carbonyl (C=O) groups excluding carboxylic acids is 1. The highest BCUT2D eigenvalue weighted by atomic mass is 16.2. The van der Waals surface area contributed by atoms with E-state index in [4.69, 9.17) is 0 Å². The highest BCUT2D eigenvalue weighted by Crippen LogP contribution is 2.34. The van der Waals surface area contributed by atoms with Gasteiger partial charge in [-0.3, -0.25) is 4.79 Å². The average Bonchev–Trinajstić information content (AvgIpc) is 2.66. The summed E-state index contributed by atoms with van der Waals surface area (Å²) in [5, 5.41) is 6.21. The summed E-state index contributed by atoms with van der Waals surface area (Å²) >= 11 is 0. The smallest absolute Gasteiger partial charge is 0.237 e. The molecule has 1 amide bonds. The Labute approximate surface area is 80.3 Å². The zero-order valence-electron chi connectivity index (χ0n) is 8.98. The standard InChI is InChI=1S/C10H20N2O/c1-7(2)11-9(13)8(3)12-10(4)5-6-10/h7-8,12H,5-6H2,1-4H3,(H,11,13). The molecular formula is C10H20N2O. The van der Waals surface area contributed by atoms with Crippen molar-refractivity contribution < 1.29 is 4.79 Å². The van der Waals surface area contributed by atoms with Gasteiger partial charge in [-0.25, -0.2) is 0 Å². The highest BCUT2D eigenvalue weighted by Gasteiger charge is 2.39. The van der Waals surface area contributed by atoms with Gasteiger partial charge < -0.3 is 10.6 Å². The topological polar surface area (TPSA) is 41.1 Å². The first-order chi connectivity index (χ1) is 5.93. The molecule has 0 aliphatic heterocycles. The molecule has 0 bridgehead atoms. The van der Waals surface area contributed by atoms with Gasteiger partial charge in [0.1, 0.15) is 0 Å². The van der Waals surface area contributed by atoms with Gasteiger partial charge in [0.15, 0.2) is 0 Å². The Balaban J connectivity index is 2.29. The second kappa shape index (κ2) is 3.66. The Bertz CT molecular complexity index is 197. The van der Waals surface area contributed by atoms with E-state index in [0.29, 0.717) is 0 Å². The minimum Gasteiger partial charge on any atom is -0.353 e. The molecule has 1 aliphatic carbocycles. The van der Waals surface area contributed by atoms with Crippen molar-refractivity contribution in [1.82, 2.24) is 10.6 Å². The fourth-order valence-corrected chi connectivity index (χ4v) is 1.33. The van der Waals surface area contributed by atoms with Gasteiger partial charge in [0, 0.05) is 11.6 Å². The van der Waals surface area contributed by atoms with Crippen molar-refractivity contribution in [1.29, 1.82) is 0 Å². The first-order valence-electron chi connectivity index (χ1n) is 5.01. The molecule has 3 nitrogen and oxygen atoms in total. The van der Waals surface area contributed by atoms with Crippen molar-refractivity contribution in [3.05, 3.63) is 0 Å². The predicted molar refractivity (Wildman–Crippen MR) is 53.5 cm³/mol. The minimum absolute atomic E-state index is 0.0742. The van der Waals surface area contributed by atoms with Crippen LogP contribution in [-0.4, -0.2) is 23.5 Å². The Hall–Kier alpha value is -0.570. The molecule has 0 aromatic carbocycles. The van der Waals surface area contributed by atoms with Gasteiger partial charge in [-0.05, 0) is 40.5 Å². The second-order valence-corrected chi connectivity index (χ2v) is 4.59. The Morgan fingerprint density at radius 3 is 2.23 bits per heavy atom. The van der Waals surface area contributed by atoms with E-state index in [2.05, 4.69) is 17.6 Å². The SMILES string of the molecule is CC(C)NC(=O)C(C)NC1(C)CC1. The second-order valence-electron chi connectivity index (χ2n) is 4.59. The molecule has 1 fully saturated rings. The van der Waals surface area contributed by atoms with E-state index < -0.39 is 0 Å². The predicted octanol–water partition coefficient (Wildman–Crippen LogP) is 1.04. The minimum atomic E-state index is -0.0742. The van der Waals surface area contributed by atoms with E-state index in [9.17, 15) is 4.79 Å². The summed E-state index contributed by atoms with van der Waals surface area (Å²) in [6, 6.07) is 0.152. The zero-order valence-corrected chi connectivity index (χ0v) is 8.98. The lowest BCUT2D eigenvalue weighted by Gasteiger charge is -2.19. The van der Waals surface area contributed by atoms with Gasteiger partial charge in [-0.2, -0.15) is 0 Å². The third kappa shape index (κ3) is 3.35. The van der Waals surface area contributed by atoms with Gasteiger partial charge >= 0.3 is 0 Å². The maximum absolute atomic E-state index is 11.5. The lowest BCUT2D eigenvalue weighted by molar-refractivity contribution is -0.123. The van der Waals surface area contributed by atoms with Gasteiger partial charge in [-0.1, -0.05) is 0 Å². The maximum atomic E-state index is 11.5. The molecule has 1 rings (SSSR count). The van der Waals surface area contributed by atoms with Crippen LogP contribution in [0, 0.1) is 0 Å². The van der Waals surface area contributed by atoms with Crippen LogP contribution < -0.4 is 10.6 Å². The molecule has 0 spiro atoms. The average molecular weight is 184 g/mol. The quantitative estimate of drug-likeness (QED) is 0.685. The molecule has 0 heterocycles. The van der Waals surface area contributed by atoms with Gasteiger partial charge in [-0.15, -0.1) is 0 Å². The molecule has 1 unspecified atom stereocenters. The molecule has 1 saturated carbocycles. The van der Waals surface area contributed by atoms with Crippen LogP contribution in [0.15, 0.2) is 0 Å². The summed E-state index contributed by atoms with van der Waals surface area (Å²) in [5.41, 5.74) is 0.230. The van der Waals surface area contributed by atoms with Crippen molar-refractivity contribution >= 4 is 5.91 Å². The van der Waals surface area contributed by atoms with E-state index in [0.717, 1.165) is 0 Å². The van der Waals surface area contributed by atoms with Crippen LogP contribution >= 0.6 is 0 Å². The number of carbonyl (C=O) groups is 1. The van der Waals surface area contributed by atoms with Gasteiger partial charge in [0.25, 0.3) is 0 Å². The number of hydrogen-bond acceptors (Lipinski definition) is 2. The van der Waals surface area contributed by atoms with Crippen LogP contribution in [-0.2, 0) is 4.79 Å². The van der Waals surface area contributed by atoms with E-state index >= 15 is 0 Å². The lowest BCUT2D eigenvalue weighted by atomic mass is 10.2. The Morgan fingerprint density at radius 1 is 1.31 bits per heavy atom. The number of rotatable bonds is 4. The Morgan fingerprint density at radius 2 is 1.85 bits per heavy atom. The maximum Gasteiger partial charge on any atom is 0.237 e. The molecule has 0 saturated heterocycles. The summed E-state index contributed by atoms with van der Waals surface area (Å²) in [5.74, 6) is 0.100. The van der Waals surface area contributed by atoms with Crippen molar-refractivity contribution in [2.24, 2.45) is 0 Å². The molecule has 0 radical (unpaired) electrons. The van der Waals surface area contributed by atoms with Crippen LogP contribution in [0.25, 0.3) is 0 Å². The van der Waals surface area contributed by atoms with Gasteiger partial charge in [0.05, 0.1) is 6.04 Å². The third-order valence-corrected chi connectivity index (χ3v) is 2.39.